The first-order valence-electron chi connectivity index (χ1n) is 8.06. The number of nitrogens with two attached hydrogens (primary N) is 1. The topological polar surface area (TPSA) is 130 Å². The molecule has 0 radical (unpaired) electrons. The van der Waals surface area contributed by atoms with Crippen molar-refractivity contribution in [2.75, 3.05) is 30.8 Å². The summed E-state index contributed by atoms with van der Waals surface area (Å²) in [6.45, 7) is 1.37. The zero-order valence-electron chi connectivity index (χ0n) is 13.9. The summed E-state index contributed by atoms with van der Waals surface area (Å²) in [5.74, 6) is 0.438. The fourth-order valence-corrected chi connectivity index (χ4v) is 3.22. The van der Waals surface area contributed by atoms with E-state index in [0.717, 1.165) is 18.5 Å². The number of hydrogen-bond acceptors (Lipinski definition) is 6. The number of amides is 1. The van der Waals surface area contributed by atoms with Crippen LogP contribution >= 0.6 is 0 Å². The molecule has 0 unspecified atom stereocenters. The van der Waals surface area contributed by atoms with Gasteiger partial charge in [0.25, 0.3) is 11.6 Å². The highest BCUT2D eigenvalue weighted by Gasteiger charge is 2.27. The Labute approximate surface area is 144 Å². The number of aromatic nitrogens is 2. The third-order valence-electron chi connectivity index (χ3n) is 4.55. The average Bonchev–Trinajstić information content (AvgIpc) is 3.07. The van der Waals surface area contributed by atoms with E-state index in [1.165, 1.54) is 13.1 Å². The molecule has 1 amide bonds. The Morgan fingerprint density at radius 1 is 1.40 bits per heavy atom. The van der Waals surface area contributed by atoms with E-state index in [1.54, 1.807) is 12.1 Å². The van der Waals surface area contributed by atoms with E-state index in [9.17, 15) is 14.9 Å². The van der Waals surface area contributed by atoms with Gasteiger partial charge in [0, 0.05) is 49.4 Å². The van der Waals surface area contributed by atoms with Gasteiger partial charge in [-0.2, -0.15) is 5.10 Å². The molecule has 0 spiro atoms. The molecule has 2 heterocycles. The van der Waals surface area contributed by atoms with Crippen molar-refractivity contribution in [1.29, 1.82) is 0 Å². The SMILES string of the molecule is CNC(=O)c1ccc(N2CCC(c3cc(N)n[nH]3)CC2)c([N+](=O)[O-])c1. The van der Waals surface area contributed by atoms with E-state index < -0.39 is 4.92 Å². The van der Waals surface area contributed by atoms with Gasteiger partial charge in [-0.15, -0.1) is 0 Å². The van der Waals surface area contributed by atoms with E-state index in [4.69, 9.17) is 5.73 Å². The minimum atomic E-state index is -0.441. The molecule has 0 bridgehead atoms. The molecular weight excluding hydrogens is 324 g/mol. The van der Waals surface area contributed by atoms with Crippen LogP contribution in [0.15, 0.2) is 24.3 Å². The van der Waals surface area contributed by atoms with Crippen molar-refractivity contribution in [3.8, 4) is 0 Å². The third-order valence-corrected chi connectivity index (χ3v) is 4.55. The average molecular weight is 344 g/mol. The molecule has 4 N–H and O–H groups in total. The highest BCUT2D eigenvalue weighted by molar-refractivity contribution is 5.95. The van der Waals surface area contributed by atoms with Crippen molar-refractivity contribution in [1.82, 2.24) is 15.5 Å². The van der Waals surface area contributed by atoms with Crippen molar-refractivity contribution in [2.24, 2.45) is 0 Å². The summed E-state index contributed by atoms with van der Waals surface area (Å²) in [6.07, 6.45) is 1.69. The summed E-state index contributed by atoms with van der Waals surface area (Å²) in [5, 5.41) is 20.8. The quantitative estimate of drug-likeness (QED) is 0.571. The molecule has 9 nitrogen and oxygen atoms in total. The molecule has 0 saturated carbocycles. The minimum Gasteiger partial charge on any atom is -0.382 e. The van der Waals surface area contributed by atoms with Crippen LogP contribution in [0.25, 0.3) is 0 Å². The number of hydrogen-bond donors (Lipinski definition) is 3. The summed E-state index contributed by atoms with van der Waals surface area (Å²) in [6, 6.07) is 6.43. The van der Waals surface area contributed by atoms with E-state index >= 15 is 0 Å². The van der Waals surface area contributed by atoms with Gasteiger partial charge >= 0.3 is 0 Å². The van der Waals surface area contributed by atoms with E-state index in [1.807, 2.05) is 11.0 Å². The number of piperidine rings is 1. The predicted molar refractivity (Wildman–Crippen MR) is 93.7 cm³/mol. The molecule has 1 aromatic carbocycles. The van der Waals surface area contributed by atoms with Crippen LogP contribution in [0.3, 0.4) is 0 Å². The van der Waals surface area contributed by atoms with Crippen LogP contribution < -0.4 is 16.0 Å². The van der Waals surface area contributed by atoms with E-state index in [-0.39, 0.29) is 17.2 Å². The summed E-state index contributed by atoms with van der Waals surface area (Å²) in [7, 11) is 1.50. The fraction of sp³-hybridized carbons (Fsp3) is 0.375. The Morgan fingerprint density at radius 2 is 2.12 bits per heavy atom. The molecule has 1 aromatic heterocycles. The van der Waals surface area contributed by atoms with Gasteiger partial charge in [-0.05, 0) is 25.0 Å². The standard InChI is InChI=1S/C16H20N6O3/c1-18-16(23)11-2-3-13(14(8-11)22(24)25)21-6-4-10(5-7-21)12-9-15(17)20-19-12/h2-3,8-10H,4-7H2,1H3,(H,18,23)(H3,17,19,20). The van der Waals surface area contributed by atoms with Crippen LogP contribution in [0.1, 0.15) is 34.8 Å². The summed E-state index contributed by atoms with van der Waals surface area (Å²) in [4.78, 5) is 24.7. The Morgan fingerprint density at radius 3 is 2.68 bits per heavy atom. The molecule has 3 rings (SSSR count). The number of carbonyl (C=O) groups is 1. The number of carbonyl (C=O) groups excluding carboxylic acids is 1. The lowest BCUT2D eigenvalue weighted by molar-refractivity contribution is -0.384. The lowest BCUT2D eigenvalue weighted by atomic mass is 9.93. The van der Waals surface area contributed by atoms with Gasteiger partial charge < -0.3 is 16.0 Å². The largest absolute Gasteiger partial charge is 0.382 e. The highest BCUT2D eigenvalue weighted by atomic mass is 16.6. The van der Waals surface area contributed by atoms with Crippen molar-refractivity contribution in [2.45, 2.75) is 18.8 Å². The van der Waals surface area contributed by atoms with Crippen molar-refractivity contribution in [3.63, 3.8) is 0 Å². The molecule has 1 fully saturated rings. The van der Waals surface area contributed by atoms with Gasteiger partial charge in [0.1, 0.15) is 11.5 Å². The molecular formula is C16H20N6O3. The normalized spacial score (nSPS) is 15.2. The van der Waals surface area contributed by atoms with Crippen LogP contribution in [0.2, 0.25) is 0 Å². The minimum absolute atomic E-state index is 0.0506. The number of H-pyrrole nitrogens is 1. The van der Waals surface area contributed by atoms with E-state index in [0.29, 0.717) is 30.5 Å². The van der Waals surface area contributed by atoms with Gasteiger partial charge in [-0.25, -0.2) is 0 Å². The second kappa shape index (κ2) is 6.80. The number of nitrogens with zero attached hydrogens (tertiary/aromatic N) is 3. The van der Waals surface area contributed by atoms with Crippen molar-refractivity contribution >= 4 is 23.1 Å². The van der Waals surface area contributed by atoms with Gasteiger partial charge in [-0.1, -0.05) is 0 Å². The number of nitro groups is 1. The number of nitrogen functional groups attached to an aromatic ring is 1. The van der Waals surface area contributed by atoms with Crippen LogP contribution in [0.4, 0.5) is 17.2 Å². The molecule has 9 heteroatoms. The number of nitrogens with one attached hydrogen (secondary N) is 2. The van der Waals surface area contributed by atoms with Gasteiger partial charge in [0.15, 0.2) is 0 Å². The number of anilines is 2. The molecule has 25 heavy (non-hydrogen) atoms. The zero-order valence-corrected chi connectivity index (χ0v) is 13.9. The number of nitro benzene ring substituents is 1. The van der Waals surface area contributed by atoms with E-state index in [2.05, 4.69) is 15.5 Å². The lowest BCUT2D eigenvalue weighted by Gasteiger charge is -2.32. The fourth-order valence-electron chi connectivity index (χ4n) is 3.22. The highest BCUT2D eigenvalue weighted by Crippen LogP contribution is 2.35. The molecule has 0 aliphatic carbocycles. The smallest absolute Gasteiger partial charge is 0.293 e. The second-order valence-corrected chi connectivity index (χ2v) is 6.05. The maximum atomic E-state index is 11.7. The van der Waals surface area contributed by atoms with Crippen LogP contribution in [0.5, 0.6) is 0 Å². The number of aromatic amines is 1. The summed E-state index contributed by atoms with van der Waals surface area (Å²) in [5.41, 5.74) is 7.42. The van der Waals surface area contributed by atoms with Crippen LogP contribution in [-0.4, -0.2) is 41.2 Å². The molecule has 2 aromatic rings. The first-order valence-corrected chi connectivity index (χ1v) is 8.06. The molecule has 132 valence electrons. The zero-order chi connectivity index (χ0) is 18.0. The molecule has 1 aliphatic heterocycles. The number of benzene rings is 1. The molecule has 1 saturated heterocycles. The third kappa shape index (κ3) is 3.39. The first-order chi connectivity index (χ1) is 12.0. The Bertz CT molecular complexity index is 795. The second-order valence-electron chi connectivity index (χ2n) is 6.05. The Hall–Kier alpha value is -3.10. The predicted octanol–water partition coefficient (Wildman–Crippen LogP) is 1.64. The van der Waals surface area contributed by atoms with Gasteiger partial charge in [-0.3, -0.25) is 20.0 Å². The van der Waals surface area contributed by atoms with Crippen molar-refractivity contribution in [3.05, 3.63) is 45.6 Å². The summed E-state index contributed by atoms with van der Waals surface area (Å²) < 4.78 is 0. The van der Waals surface area contributed by atoms with Crippen LogP contribution in [-0.2, 0) is 0 Å². The van der Waals surface area contributed by atoms with Crippen LogP contribution in [0, 0.1) is 10.1 Å². The summed E-state index contributed by atoms with van der Waals surface area (Å²) >= 11 is 0. The van der Waals surface area contributed by atoms with Crippen molar-refractivity contribution < 1.29 is 9.72 Å². The van der Waals surface area contributed by atoms with Gasteiger partial charge in [0.2, 0.25) is 0 Å². The first kappa shape index (κ1) is 16.7. The lowest BCUT2D eigenvalue weighted by Crippen LogP contribution is -2.33. The monoisotopic (exact) mass is 344 g/mol. The maximum Gasteiger partial charge on any atom is 0.293 e. The van der Waals surface area contributed by atoms with Gasteiger partial charge in [0.05, 0.1) is 4.92 Å². The number of rotatable bonds is 4. The molecule has 1 aliphatic rings. The Balaban J connectivity index is 1.78. The molecule has 0 atom stereocenters. The maximum absolute atomic E-state index is 11.7. The Kier molecular flexibility index (Phi) is 4.55.